The molecule has 0 fully saturated rings. The molecule has 0 unspecified atom stereocenters. The van der Waals surface area contributed by atoms with E-state index in [9.17, 15) is 10.1 Å². The van der Waals surface area contributed by atoms with Gasteiger partial charge in [-0.05, 0) is 30.3 Å². The minimum Gasteiger partial charge on any atom is -0.334 e. The summed E-state index contributed by atoms with van der Waals surface area (Å²) in [5.74, 6) is 0.0374. The Morgan fingerprint density at radius 2 is 1.73 bits per heavy atom. The molecule has 0 aliphatic heterocycles. The second-order valence-corrected chi connectivity index (χ2v) is 6.74. The lowest BCUT2D eigenvalue weighted by molar-refractivity contribution is -0.383. The molecule has 2 aromatic carbocycles. The van der Waals surface area contributed by atoms with Gasteiger partial charge in [0.25, 0.3) is 0 Å². The molecular weight excluding hydrogens is 445 g/mol. The molecule has 0 amide bonds. The first-order chi connectivity index (χ1) is 12.5. The lowest BCUT2D eigenvalue weighted by Gasteiger charge is -2.11. The summed E-state index contributed by atoms with van der Waals surface area (Å²) in [5.41, 5.74) is 0.714. The molecule has 26 heavy (non-hydrogen) atoms. The van der Waals surface area contributed by atoms with Crippen LogP contribution in [0.3, 0.4) is 0 Å². The molecule has 0 bridgehead atoms. The lowest BCUT2D eigenvalue weighted by atomic mass is 10.3. The molecule has 0 radical (unpaired) electrons. The predicted molar refractivity (Wildman–Crippen MR) is 106 cm³/mol. The number of benzene rings is 2. The summed E-state index contributed by atoms with van der Waals surface area (Å²) in [6, 6.07) is 12.1. The summed E-state index contributed by atoms with van der Waals surface area (Å²) in [7, 11) is 0. The van der Waals surface area contributed by atoms with Gasteiger partial charge in [0, 0.05) is 10.2 Å². The molecule has 0 atom stereocenters. The number of nitrogens with zero attached hydrogens (tertiary/aromatic N) is 3. The molecule has 0 spiro atoms. The lowest BCUT2D eigenvalue weighted by Crippen LogP contribution is -2.05. The third-order valence-electron chi connectivity index (χ3n) is 3.30. The van der Waals surface area contributed by atoms with E-state index in [4.69, 9.17) is 23.2 Å². The highest BCUT2D eigenvalue weighted by molar-refractivity contribution is 9.10. The number of hydrogen-bond acceptors (Lipinski definition) is 6. The molecule has 0 saturated heterocycles. The van der Waals surface area contributed by atoms with E-state index in [0.29, 0.717) is 16.4 Å². The van der Waals surface area contributed by atoms with Crippen molar-refractivity contribution in [2.75, 3.05) is 10.6 Å². The average Bonchev–Trinajstić information content (AvgIpc) is 2.59. The van der Waals surface area contributed by atoms with E-state index in [1.165, 1.54) is 6.33 Å². The van der Waals surface area contributed by atoms with Gasteiger partial charge in [0.15, 0.2) is 0 Å². The minimum atomic E-state index is -0.568. The first-order valence-corrected chi connectivity index (χ1v) is 8.73. The average molecular weight is 455 g/mol. The van der Waals surface area contributed by atoms with Gasteiger partial charge in [0.2, 0.25) is 11.6 Å². The van der Waals surface area contributed by atoms with Gasteiger partial charge >= 0.3 is 5.69 Å². The van der Waals surface area contributed by atoms with Crippen molar-refractivity contribution in [1.82, 2.24) is 9.97 Å². The van der Waals surface area contributed by atoms with Crippen LogP contribution in [0.5, 0.6) is 0 Å². The van der Waals surface area contributed by atoms with Crippen molar-refractivity contribution < 1.29 is 4.92 Å². The van der Waals surface area contributed by atoms with Crippen LogP contribution in [-0.2, 0) is 0 Å². The number of nitrogens with one attached hydrogen (secondary N) is 2. The van der Waals surface area contributed by atoms with E-state index in [2.05, 4.69) is 36.5 Å². The van der Waals surface area contributed by atoms with Gasteiger partial charge in [-0.15, -0.1) is 0 Å². The minimum absolute atomic E-state index is 0.00772. The van der Waals surface area contributed by atoms with Crippen LogP contribution in [0.15, 0.2) is 53.3 Å². The number of halogens is 3. The molecule has 10 heteroatoms. The Bertz CT molecular complexity index is 987. The Morgan fingerprint density at radius 1 is 1.04 bits per heavy atom. The van der Waals surface area contributed by atoms with E-state index < -0.39 is 4.92 Å². The fourth-order valence-electron chi connectivity index (χ4n) is 2.17. The monoisotopic (exact) mass is 453 g/mol. The van der Waals surface area contributed by atoms with Crippen molar-refractivity contribution >= 4 is 67.8 Å². The molecule has 132 valence electrons. The van der Waals surface area contributed by atoms with E-state index in [1.54, 1.807) is 36.4 Å². The summed E-state index contributed by atoms with van der Waals surface area (Å²) in [6.07, 6.45) is 1.22. The largest absolute Gasteiger partial charge is 0.353 e. The third kappa shape index (κ3) is 4.04. The van der Waals surface area contributed by atoms with Crippen molar-refractivity contribution in [1.29, 1.82) is 0 Å². The van der Waals surface area contributed by atoms with Gasteiger partial charge in [-0.1, -0.05) is 51.3 Å². The van der Waals surface area contributed by atoms with Crippen LogP contribution < -0.4 is 10.6 Å². The van der Waals surface area contributed by atoms with Gasteiger partial charge in [-0.2, -0.15) is 0 Å². The van der Waals surface area contributed by atoms with E-state index in [1.807, 2.05) is 6.07 Å². The Balaban J connectivity index is 2.01. The van der Waals surface area contributed by atoms with E-state index in [-0.39, 0.29) is 22.3 Å². The molecule has 0 saturated carbocycles. The van der Waals surface area contributed by atoms with Crippen molar-refractivity contribution in [3.05, 3.63) is 73.4 Å². The molecule has 3 aromatic rings. The SMILES string of the molecule is O=[N+]([O-])c1c(Nc2cccc(Br)c2)ncnc1Nc1cccc(Cl)c1Cl. The van der Waals surface area contributed by atoms with Gasteiger partial charge in [-0.25, -0.2) is 9.97 Å². The predicted octanol–water partition coefficient (Wildman–Crippen LogP) is 5.94. The van der Waals surface area contributed by atoms with Crippen LogP contribution in [0.25, 0.3) is 0 Å². The fraction of sp³-hybridized carbons (Fsp3) is 0. The molecular formula is C16H10BrCl2N5O2. The highest BCUT2D eigenvalue weighted by Gasteiger charge is 2.24. The second kappa shape index (κ2) is 7.86. The summed E-state index contributed by atoms with van der Waals surface area (Å²) in [5, 5.41) is 17.9. The Morgan fingerprint density at radius 3 is 2.42 bits per heavy atom. The zero-order valence-electron chi connectivity index (χ0n) is 12.9. The molecule has 2 N–H and O–H groups in total. The Kier molecular flexibility index (Phi) is 5.55. The normalized spacial score (nSPS) is 10.4. The molecule has 0 aliphatic carbocycles. The number of hydrogen-bond donors (Lipinski definition) is 2. The zero-order valence-corrected chi connectivity index (χ0v) is 16.0. The van der Waals surface area contributed by atoms with Gasteiger partial charge in [0.05, 0.1) is 20.7 Å². The summed E-state index contributed by atoms with van der Waals surface area (Å²) in [4.78, 5) is 19.0. The zero-order chi connectivity index (χ0) is 18.7. The van der Waals surface area contributed by atoms with Crippen molar-refractivity contribution in [3.8, 4) is 0 Å². The van der Waals surface area contributed by atoms with E-state index >= 15 is 0 Å². The summed E-state index contributed by atoms with van der Waals surface area (Å²) >= 11 is 15.5. The molecule has 3 rings (SSSR count). The van der Waals surface area contributed by atoms with Crippen LogP contribution in [0.1, 0.15) is 0 Å². The van der Waals surface area contributed by atoms with Crippen LogP contribution >= 0.6 is 39.1 Å². The standard InChI is InChI=1S/C16H10BrCl2N5O2/c17-9-3-1-4-10(7-9)22-15-14(24(25)26)16(21-8-20-15)23-12-6-2-5-11(18)13(12)19/h1-8H,(H2,20,21,22,23). The van der Waals surface area contributed by atoms with Crippen LogP contribution in [-0.4, -0.2) is 14.9 Å². The Labute approximate surface area is 166 Å². The maximum absolute atomic E-state index is 11.6. The molecule has 1 heterocycles. The molecule has 0 aliphatic rings. The molecule has 7 nitrogen and oxygen atoms in total. The number of anilines is 4. The highest BCUT2D eigenvalue weighted by atomic mass is 79.9. The number of nitro groups is 1. The van der Waals surface area contributed by atoms with Crippen LogP contribution in [0, 0.1) is 10.1 Å². The van der Waals surface area contributed by atoms with Crippen molar-refractivity contribution in [2.24, 2.45) is 0 Å². The molecule has 1 aromatic heterocycles. The van der Waals surface area contributed by atoms with Crippen LogP contribution in [0.4, 0.5) is 28.7 Å². The summed E-state index contributed by atoms with van der Waals surface area (Å²) < 4.78 is 0.822. The maximum atomic E-state index is 11.6. The first kappa shape index (κ1) is 18.4. The quantitative estimate of drug-likeness (QED) is 0.366. The van der Waals surface area contributed by atoms with E-state index in [0.717, 1.165) is 4.47 Å². The Hall–Kier alpha value is -2.42. The van der Waals surface area contributed by atoms with Gasteiger partial charge in [0.1, 0.15) is 6.33 Å². The van der Waals surface area contributed by atoms with Crippen molar-refractivity contribution in [2.45, 2.75) is 0 Å². The topological polar surface area (TPSA) is 93.0 Å². The fourth-order valence-corrected chi connectivity index (χ4v) is 2.91. The number of rotatable bonds is 5. The first-order valence-electron chi connectivity index (χ1n) is 7.18. The maximum Gasteiger partial charge on any atom is 0.353 e. The highest BCUT2D eigenvalue weighted by Crippen LogP contribution is 2.36. The van der Waals surface area contributed by atoms with Crippen molar-refractivity contribution in [3.63, 3.8) is 0 Å². The third-order valence-corrected chi connectivity index (χ3v) is 4.61. The second-order valence-electron chi connectivity index (χ2n) is 5.04. The summed E-state index contributed by atoms with van der Waals surface area (Å²) in [6.45, 7) is 0. The van der Waals surface area contributed by atoms with Gasteiger partial charge < -0.3 is 10.6 Å². The smallest absolute Gasteiger partial charge is 0.334 e. The van der Waals surface area contributed by atoms with Crippen LogP contribution in [0.2, 0.25) is 10.0 Å². The number of aromatic nitrogens is 2. The van der Waals surface area contributed by atoms with Gasteiger partial charge in [-0.3, -0.25) is 10.1 Å².